The SMILES string of the molecule is CCS(=O)(=O)C1C=CC(COC[C@@H]2C[C@@H]2C2CCN(C(=O)OC(C)(C)C)CC2)=CC1F. The fourth-order valence-corrected chi connectivity index (χ4v) is 5.67. The summed E-state index contributed by atoms with van der Waals surface area (Å²) in [4.78, 5) is 14.0. The van der Waals surface area contributed by atoms with Crippen molar-refractivity contribution < 1.29 is 27.1 Å². The molecule has 0 spiro atoms. The van der Waals surface area contributed by atoms with E-state index in [1.165, 1.54) is 19.1 Å². The molecular formula is C23H36FNO5S. The molecule has 2 fully saturated rings. The van der Waals surface area contributed by atoms with Crippen LogP contribution in [0, 0.1) is 17.8 Å². The maximum Gasteiger partial charge on any atom is 0.410 e. The van der Waals surface area contributed by atoms with Crippen LogP contribution in [0.5, 0.6) is 0 Å². The van der Waals surface area contributed by atoms with Gasteiger partial charge in [-0.15, -0.1) is 0 Å². The van der Waals surface area contributed by atoms with E-state index in [0.29, 0.717) is 36.5 Å². The number of nitrogens with zero attached hydrogens (tertiary/aromatic N) is 1. The van der Waals surface area contributed by atoms with Gasteiger partial charge >= 0.3 is 6.09 Å². The Morgan fingerprint density at radius 2 is 1.94 bits per heavy atom. The van der Waals surface area contributed by atoms with Crippen LogP contribution < -0.4 is 0 Å². The van der Waals surface area contributed by atoms with Gasteiger partial charge in [-0.05, 0) is 69.4 Å². The first kappa shape index (κ1) is 24.2. The van der Waals surface area contributed by atoms with Gasteiger partial charge < -0.3 is 14.4 Å². The van der Waals surface area contributed by atoms with E-state index in [2.05, 4.69) is 0 Å². The maximum absolute atomic E-state index is 14.3. The Morgan fingerprint density at radius 1 is 1.26 bits per heavy atom. The molecule has 3 aliphatic rings. The van der Waals surface area contributed by atoms with Crippen LogP contribution in [-0.4, -0.2) is 68.5 Å². The normalized spacial score (nSPS) is 29.6. The minimum absolute atomic E-state index is 0.0676. The van der Waals surface area contributed by atoms with E-state index < -0.39 is 26.9 Å². The molecule has 176 valence electrons. The molecule has 0 aromatic carbocycles. The first-order chi connectivity index (χ1) is 14.5. The second kappa shape index (κ2) is 9.61. The van der Waals surface area contributed by atoms with Crippen LogP contribution >= 0.6 is 0 Å². The van der Waals surface area contributed by atoms with Crippen molar-refractivity contribution in [3.63, 3.8) is 0 Å². The van der Waals surface area contributed by atoms with Crippen molar-refractivity contribution in [3.05, 3.63) is 23.8 Å². The summed E-state index contributed by atoms with van der Waals surface area (Å²) in [5.74, 6) is 1.68. The number of alkyl halides is 1. The number of sulfone groups is 1. The number of ether oxygens (including phenoxy) is 2. The lowest BCUT2D eigenvalue weighted by atomic mass is 9.91. The summed E-state index contributed by atoms with van der Waals surface area (Å²) in [6.07, 6.45) is 5.86. The molecule has 0 bridgehead atoms. The Balaban J connectivity index is 1.35. The number of hydrogen-bond acceptors (Lipinski definition) is 5. The first-order valence-electron chi connectivity index (χ1n) is 11.3. The molecule has 1 saturated heterocycles. The molecule has 4 atom stereocenters. The Bertz CT molecular complexity index is 808. The van der Waals surface area contributed by atoms with Crippen molar-refractivity contribution in [1.82, 2.24) is 4.90 Å². The second-order valence-electron chi connectivity index (χ2n) is 9.94. The lowest BCUT2D eigenvalue weighted by molar-refractivity contribution is 0.0171. The number of piperidine rings is 1. The largest absolute Gasteiger partial charge is 0.444 e. The lowest BCUT2D eigenvalue weighted by Crippen LogP contribution is -2.42. The molecule has 1 heterocycles. The Morgan fingerprint density at radius 3 is 2.52 bits per heavy atom. The van der Waals surface area contributed by atoms with Gasteiger partial charge in [0.2, 0.25) is 0 Å². The van der Waals surface area contributed by atoms with Crippen LogP contribution in [0.4, 0.5) is 9.18 Å². The van der Waals surface area contributed by atoms with E-state index in [1.54, 1.807) is 11.0 Å². The number of likely N-dealkylation sites (tertiary alicyclic amines) is 1. The van der Waals surface area contributed by atoms with E-state index >= 15 is 0 Å². The van der Waals surface area contributed by atoms with E-state index in [9.17, 15) is 17.6 Å². The van der Waals surface area contributed by atoms with E-state index in [-0.39, 0.29) is 11.8 Å². The third kappa shape index (κ3) is 6.54. The highest BCUT2D eigenvalue weighted by molar-refractivity contribution is 7.92. The number of hydrogen-bond donors (Lipinski definition) is 0. The molecule has 0 N–H and O–H groups in total. The topological polar surface area (TPSA) is 72.9 Å². The average molecular weight is 458 g/mol. The molecule has 0 aromatic rings. The number of carbonyl (C=O) groups is 1. The highest BCUT2D eigenvalue weighted by atomic mass is 32.2. The Hall–Kier alpha value is -1.41. The van der Waals surface area contributed by atoms with Gasteiger partial charge in [0.1, 0.15) is 17.0 Å². The molecule has 0 aromatic heterocycles. The molecule has 6 nitrogen and oxygen atoms in total. The van der Waals surface area contributed by atoms with Crippen LogP contribution in [0.25, 0.3) is 0 Å². The standard InChI is InChI=1S/C23H36FNO5S/c1-5-31(27,28)21-7-6-16(12-20(21)24)14-29-15-18-13-19(18)17-8-10-25(11-9-17)22(26)30-23(2,3)4/h6-7,12,17-21H,5,8-11,13-15H2,1-4H3/t18-,19+,20?,21?/m0/s1. The summed E-state index contributed by atoms with van der Waals surface area (Å²) in [7, 11) is -3.44. The first-order valence-corrected chi connectivity index (χ1v) is 13.0. The van der Waals surface area contributed by atoms with Crippen molar-refractivity contribution in [2.24, 2.45) is 17.8 Å². The van der Waals surface area contributed by atoms with Crippen molar-refractivity contribution in [2.45, 2.75) is 64.0 Å². The zero-order valence-electron chi connectivity index (χ0n) is 19.1. The van der Waals surface area contributed by atoms with Gasteiger partial charge in [-0.25, -0.2) is 17.6 Å². The van der Waals surface area contributed by atoms with Gasteiger partial charge in [-0.1, -0.05) is 19.1 Å². The van der Waals surface area contributed by atoms with Crippen LogP contribution in [0.2, 0.25) is 0 Å². The third-order valence-electron chi connectivity index (χ3n) is 6.38. The van der Waals surface area contributed by atoms with Crippen LogP contribution in [0.3, 0.4) is 0 Å². The number of halogens is 1. The minimum atomic E-state index is -3.44. The number of allylic oxidation sites excluding steroid dienone is 1. The third-order valence-corrected chi connectivity index (χ3v) is 8.43. The predicted octanol–water partition coefficient (Wildman–Crippen LogP) is 3.92. The molecule has 3 rings (SSSR count). The van der Waals surface area contributed by atoms with E-state index in [4.69, 9.17) is 9.47 Å². The van der Waals surface area contributed by atoms with E-state index in [1.807, 2.05) is 20.8 Å². The summed E-state index contributed by atoms with van der Waals surface area (Å²) in [5.41, 5.74) is 0.223. The minimum Gasteiger partial charge on any atom is -0.444 e. The summed E-state index contributed by atoms with van der Waals surface area (Å²) in [6, 6.07) is 0. The molecule has 31 heavy (non-hydrogen) atoms. The summed E-state index contributed by atoms with van der Waals surface area (Å²) in [5, 5.41) is -1.08. The summed E-state index contributed by atoms with van der Waals surface area (Å²) >= 11 is 0. The monoisotopic (exact) mass is 457 g/mol. The molecule has 8 heteroatoms. The quantitative estimate of drug-likeness (QED) is 0.579. The predicted molar refractivity (Wildman–Crippen MR) is 118 cm³/mol. The molecule has 1 aliphatic heterocycles. The Labute approximate surface area is 185 Å². The lowest BCUT2D eigenvalue weighted by Gasteiger charge is -2.33. The van der Waals surface area contributed by atoms with Crippen LogP contribution in [0.15, 0.2) is 23.8 Å². The van der Waals surface area contributed by atoms with E-state index in [0.717, 1.165) is 32.4 Å². The number of rotatable bonds is 7. The van der Waals surface area contributed by atoms with Gasteiger partial charge in [-0.3, -0.25) is 0 Å². The fraction of sp³-hybridized carbons (Fsp3) is 0.783. The van der Waals surface area contributed by atoms with Crippen molar-refractivity contribution in [1.29, 1.82) is 0 Å². The molecule has 0 radical (unpaired) electrons. The van der Waals surface area contributed by atoms with Crippen molar-refractivity contribution in [3.8, 4) is 0 Å². The highest BCUT2D eigenvalue weighted by Crippen LogP contribution is 2.48. The second-order valence-corrected chi connectivity index (χ2v) is 12.4. The van der Waals surface area contributed by atoms with Gasteiger partial charge in [0, 0.05) is 18.8 Å². The summed E-state index contributed by atoms with van der Waals surface area (Å²) < 4.78 is 49.3. The smallest absolute Gasteiger partial charge is 0.410 e. The molecule has 2 aliphatic carbocycles. The number of amides is 1. The fourth-order valence-electron chi connectivity index (χ4n) is 4.49. The molecule has 1 saturated carbocycles. The van der Waals surface area contributed by atoms with Gasteiger partial charge in [0.05, 0.1) is 13.2 Å². The Kier molecular flexibility index (Phi) is 7.51. The van der Waals surface area contributed by atoms with Crippen LogP contribution in [-0.2, 0) is 19.3 Å². The van der Waals surface area contributed by atoms with Gasteiger partial charge in [0.25, 0.3) is 0 Å². The average Bonchev–Trinajstić information content (AvgIpc) is 3.46. The van der Waals surface area contributed by atoms with Crippen molar-refractivity contribution >= 4 is 15.9 Å². The van der Waals surface area contributed by atoms with Gasteiger partial charge in [-0.2, -0.15) is 0 Å². The van der Waals surface area contributed by atoms with Crippen molar-refractivity contribution in [2.75, 3.05) is 32.1 Å². The zero-order chi connectivity index (χ0) is 22.8. The number of carbonyl (C=O) groups excluding carboxylic acids is 1. The van der Waals surface area contributed by atoms with Crippen LogP contribution in [0.1, 0.15) is 47.0 Å². The molecular weight excluding hydrogens is 421 g/mol. The zero-order valence-corrected chi connectivity index (χ0v) is 19.9. The molecule has 1 amide bonds. The molecule has 2 unspecified atom stereocenters. The van der Waals surface area contributed by atoms with Gasteiger partial charge in [0.15, 0.2) is 9.84 Å². The highest BCUT2D eigenvalue weighted by Gasteiger charge is 2.44. The maximum atomic E-state index is 14.3. The summed E-state index contributed by atoms with van der Waals surface area (Å²) in [6.45, 7) is 9.58.